The molecular formula is C14H25N3O4. The minimum Gasteiger partial charge on any atom is -0.481 e. The number of rotatable bonds is 6. The van der Waals surface area contributed by atoms with Gasteiger partial charge in [-0.3, -0.25) is 9.59 Å². The van der Waals surface area contributed by atoms with Gasteiger partial charge in [0, 0.05) is 38.6 Å². The number of nitrogens with one attached hydrogen (secondary N) is 1. The number of likely N-dealkylation sites (tertiary alicyclic amines) is 1. The van der Waals surface area contributed by atoms with Crippen LogP contribution < -0.4 is 5.32 Å². The lowest BCUT2D eigenvalue weighted by Gasteiger charge is -2.24. The normalized spacial score (nSPS) is 21.2. The van der Waals surface area contributed by atoms with Crippen LogP contribution in [-0.2, 0) is 9.59 Å². The van der Waals surface area contributed by atoms with Crippen molar-refractivity contribution in [1.29, 1.82) is 0 Å². The van der Waals surface area contributed by atoms with Crippen molar-refractivity contribution in [2.24, 2.45) is 5.92 Å². The average Bonchev–Trinajstić information content (AvgIpc) is 2.82. The maximum atomic E-state index is 12.0. The number of carboxylic acids is 1. The zero-order chi connectivity index (χ0) is 16.0. The Kier molecular flexibility index (Phi) is 6.45. The molecule has 0 aromatic carbocycles. The molecule has 7 nitrogen and oxygen atoms in total. The van der Waals surface area contributed by atoms with Crippen LogP contribution in [0, 0.1) is 5.92 Å². The molecule has 1 saturated heterocycles. The molecule has 0 radical (unpaired) electrons. The van der Waals surface area contributed by atoms with Crippen LogP contribution in [0.15, 0.2) is 0 Å². The van der Waals surface area contributed by atoms with Gasteiger partial charge >= 0.3 is 12.0 Å². The number of amides is 3. The van der Waals surface area contributed by atoms with E-state index in [0.717, 1.165) is 0 Å². The van der Waals surface area contributed by atoms with Crippen molar-refractivity contribution in [1.82, 2.24) is 15.1 Å². The first-order chi connectivity index (χ1) is 9.92. The van der Waals surface area contributed by atoms with E-state index in [-0.39, 0.29) is 30.9 Å². The molecule has 3 amide bonds. The van der Waals surface area contributed by atoms with Gasteiger partial charge in [-0.05, 0) is 27.2 Å². The minimum absolute atomic E-state index is 0.0122. The summed E-state index contributed by atoms with van der Waals surface area (Å²) in [6.45, 7) is 7.60. The largest absolute Gasteiger partial charge is 0.481 e. The van der Waals surface area contributed by atoms with E-state index in [0.29, 0.717) is 26.1 Å². The summed E-state index contributed by atoms with van der Waals surface area (Å²) in [6.07, 6.45) is 0.736. The molecule has 0 aliphatic carbocycles. The quantitative estimate of drug-likeness (QED) is 0.757. The minimum atomic E-state index is -0.866. The monoisotopic (exact) mass is 299 g/mol. The van der Waals surface area contributed by atoms with Gasteiger partial charge in [0.25, 0.3) is 0 Å². The highest BCUT2D eigenvalue weighted by atomic mass is 16.4. The second-order valence-corrected chi connectivity index (χ2v) is 5.22. The van der Waals surface area contributed by atoms with E-state index in [1.165, 1.54) is 4.90 Å². The molecule has 0 saturated carbocycles. The van der Waals surface area contributed by atoms with E-state index in [4.69, 9.17) is 5.11 Å². The highest BCUT2D eigenvalue weighted by Crippen LogP contribution is 2.24. The molecule has 1 fully saturated rings. The summed E-state index contributed by atoms with van der Waals surface area (Å²) < 4.78 is 0. The number of aliphatic carboxylic acids is 1. The molecule has 1 rings (SSSR count). The number of carbonyl (C=O) groups excluding carboxylic acids is 2. The summed E-state index contributed by atoms with van der Waals surface area (Å²) in [5.41, 5.74) is 0. The van der Waals surface area contributed by atoms with Crippen molar-refractivity contribution in [3.05, 3.63) is 0 Å². The van der Waals surface area contributed by atoms with Crippen LogP contribution in [0.25, 0.3) is 0 Å². The second-order valence-electron chi connectivity index (χ2n) is 5.22. The van der Waals surface area contributed by atoms with Gasteiger partial charge in [0.1, 0.15) is 0 Å². The van der Waals surface area contributed by atoms with Gasteiger partial charge in [-0.25, -0.2) is 4.79 Å². The Morgan fingerprint density at radius 1 is 1.29 bits per heavy atom. The van der Waals surface area contributed by atoms with E-state index < -0.39 is 11.9 Å². The first kappa shape index (κ1) is 17.3. The molecule has 1 aliphatic heterocycles. The molecule has 7 heteroatoms. The van der Waals surface area contributed by atoms with E-state index in [9.17, 15) is 14.4 Å². The summed E-state index contributed by atoms with van der Waals surface area (Å²) in [7, 11) is 0. The van der Waals surface area contributed by atoms with Crippen LogP contribution in [0.4, 0.5) is 4.79 Å². The number of carboxylic acid groups (broad SMARTS) is 1. The molecule has 2 atom stereocenters. The van der Waals surface area contributed by atoms with Crippen molar-refractivity contribution in [3.8, 4) is 0 Å². The van der Waals surface area contributed by atoms with Crippen molar-refractivity contribution >= 4 is 17.9 Å². The number of nitrogens with zero attached hydrogens (tertiary/aromatic N) is 2. The number of hydrogen-bond donors (Lipinski definition) is 2. The van der Waals surface area contributed by atoms with E-state index in [1.807, 2.05) is 13.8 Å². The third-order valence-corrected chi connectivity index (χ3v) is 4.06. The lowest BCUT2D eigenvalue weighted by atomic mass is 10.0. The Hall–Kier alpha value is -1.79. The van der Waals surface area contributed by atoms with Crippen molar-refractivity contribution in [2.45, 2.75) is 39.7 Å². The third kappa shape index (κ3) is 4.34. The molecule has 2 N–H and O–H groups in total. The van der Waals surface area contributed by atoms with Crippen LogP contribution in [0.3, 0.4) is 0 Å². The topological polar surface area (TPSA) is 90.0 Å². The van der Waals surface area contributed by atoms with E-state index in [1.54, 1.807) is 11.8 Å². The summed E-state index contributed by atoms with van der Waals surface area (Å²) in [4.78, 5) is 38.1. The molecule has 0 aromatic rings. The Morgan fingerprint density at radius 3 is 2.38 bits per heavy atom. The number of hydrogen-bond acceptors (Lipinski definition) is 3. The Bertz CT molecular complexity index is 396. The number of carbonyl (C=O) groups is 3. The summed E-state index contributed by atoms with van der Waals surface area (Å²) in [5.74, 6) is -1.36. The smallest absolute Gasteiger partial charge is 0.317 e. The van der Waals surface area contributed by atoms with Gasteiger partial charge in [0.2, 0.25) is 5.91 Å². The average molecular weight is 299 g/mol. The predicted molar refractivity (Wildman–Crippen MR) is 77.9 cm³/mol. The number of urea groups is 1. The molecule has 0 bridgehead atoms. The fraction of sp³-hybridized carbons (Fsp3) is 0.786. The van der Waals surface area contributed by atoms with Crippen molar-refractivity contribution < 1.29 is 19.5 Å². The Morgan fingerprint density at radius 2 is 1.90 bits per heavy atom. The summed E-state index contributed by atoms with van der Waals surface area (Å²) in [5, 5.41) is 11.7. The van der Waals surface area contributed by atoms with Crippen LogP contribution >= 0.6 is 0 Å². The maximum Gasteiger partial charge on any atom is 0.317 e. The first-order valence-corrected chi connectivity index (χ1v) is 7.47. The molecule has 1 aliphatic rings. The first-order valence-electron chi connectivity index (χ1n) is 7.47. The molecule has 0 aromatic heterocycles. The van der Waals surface area contributed by atoms with Crippen LogP contribution in [-0.4, -0.2) is 65.0 Å². The molecule has 120 valence electrons. The van der Waals surface area contributed by atoms with Crippen molar-refractivity contribution in [2.75, 3.05) is 26.2 Å². The fourth-order valence-corrected chi connectivity index (χ4v) is 2.67. The van der Waals surface area contributed by atoms with Gasteiger partial charge in [-0.2, -0.15) is 0 Å². The van der Waals surface area contributed by atoms with Gasteiger partial charge in [-0.15, -0.1) is 0 Å². The van der Waals surface area contributed by atoms with Crippen molar-refractivity contribution in [3.63, 3.8) is 0 Å². The van der Waals surface area contributed by atoms with E-state index >= 15 is 0 Å². The van der Waals surface area contributed by atoms with E-state index in [2.05, 4.69) is 5.32 Å². The highest BCUT2D eigenvalue weighted by Gasteiger charge is 2.37. The van der Waals surface area contributed by atoms with Gasteiger partial charge < -0.3 is 20.2 Å². The maximum absolute atomic E-state index is 12.0. The molecule has 0 spiro atoms. The highest BCUT2D eigenvalue weighted by molar-refractivity contribution is 5.80. The van der Waals surface area contributed by atoms with Crippen LogP contribution in [0.2, 0.25) is 0 Å². The van der Waals surface area contributed by atoms with Gasteiger partial charge in [0.15, 0.2) is 0 Å². The fourth-order valence-electron chi connectivity index (χ4n) is 2.67. The molecule has 2 unspecified atom stereocenters. The third-order valence-electron chi connectivity index (χ3n) is 4.06. The van der Waals surface area contributed by atoms with Crippen LogP contribution in [0.5, 0.6) is 0 Å². The lowest BCUT2D eigenvalue weighted by molar-refractivity contribution is -0.142. The van der Waals surface area contributed by atoms with Gasteiger partial charge in [-0.1, -0.05) is 0 Å². The molecule has 21 heavy (non-hydrogen) atoms. The second kappa shape index (κ2) is 7.85. The summed E-state index contributed by atoms with van der Waals surface area (Å²) >= 11 is 0. The lowest BCUT2D eigenvalue weighted by Crippen LogP contribution is -2.45. The van der Waals surface area contributed by atoms with Crippen LogP contribution in [0.1, 0.15) is 33.6 Å². The zero-order valence-corrected chi connectivity index (χ0v) is 13.0. The zero-order valence-electron chi connectivity index (χ0n) is 13.0. The Balaban J connectivity index is 2.38. The predicted octanol–water partition coefficient (Wildman–Crippen LogP) is 0.750. The molecular weight excluding hydrogens is 274 g/mol. The standard InChI is InChI=1S/C14H25N3O4/c1-4-16(5-2)12(18)6-8-15-14(21)17-9-7-11(10(17)3)13(19)20/h10-11H,4-9H2,1-3H3,(H,15,21)(H,19,20). The summed E-state index contributed by atoms with van der Waals surface area (Å²) in [6, 6.07) is -0.611. The SMILES string of the molecule is CCN(CC)C(=O)CCNC(=O)N1CCC(C(=O)O)C1C. The Labute approximate surface area is 125 Å². The molecule has 1 heterocycles. The van der Waals surface area contributed by atoms with Gasteiger partial charge in [0.05, 0.1) is 5.92 Å².